The summed E-state index contributed by atoms with van der Waals surface area (Å²) in [4.78, 5) is 0. The molecular formula is C12H10N2O2. The van der Waals surface area contributed by atoms with Gasteiger partial charge in [-0.2, -0.15) is 10.5 Å². The van der Waals surface area contributed by atoms with Crippen molar-refractivity contribution < 1.29 is 9.84 Å². The molecule has 0 fully saturated rings. The van der Waals surface area contributed by atoms with Gasteiger partial charge in [-0.25, -0.2) is 0 Å². The Morgan fingerprint density at radius 2 is 2.00 bits per heavy atom. The van der Waals surface area contributed by atoms with Gasteiger partial charge in [-0.05, 0) is 24.6 Å². The molecule has 16 heavy (non-hydrogen) atoms. The number of methoxy groups -OCH3 is 1. The predicted octanol–water partition coefficient (Wildman–Crippen LogP) is 2.14. The molecule has 0 aliphatic heterocycles. The third kappa shape index (κ3) is 2.31. The van der Waals surface area contributed by atoms with Crippen LogP contribution in [-0.4, -0.2) is 12.2 Å². The topological polar surface area (TPSA) is 77.0 Å². The summed E-state index contributed by atoms with van der Waals surface area (Å²) >= 11 is 0. The van der Waals surface area contributed by atoms with Crippen molar-refractivity contribution >= 4 is 6.08 Å². The largest absolute Gasteiger partial charge is 0.507 e. The smallest absolute Gasteiger partial charge is 0.130 e. The number of nitrogens with zero attached hydrogens (tertiary/aromatic N) is 2. The first-order chi connectivity index (χ1) is 7.62. The second kappa shape index (κ2) is 4.86. The van der Waals surface area contributed by atoms with Crippen molar-refractivity contribution in [2.45, 2.75) is 6.92 Å². The number of benzene rings is 1. The maximum atomic E-state index is 9.70. The molecule has 0 atom stereocenters. The van der Waals surface area contributed by atoms with E-state index in [1.165, 1.54) is 19.3 Å². The Hall–Kier alpha value is -2.46. The van der Waals surface area contributed by atoms with E-state index in [0.29, 0.717) is 11.3 Å². The van der Waals surface area contributed by atoms with Crippen LogP contribution in [0.15, 0.2) is 17.7 Å². The van der Waals surface area contributed by atoms with Crippen molar-refractivity contribution in [3.8, 4) is 23.6 Å². The standard InChI is InChI=1S/C12H10N2O2/c1-8-3-10(16-2)5-12(15)11(8)4-9(6-13)7-14/h3-5,15H,1-2H3. The minimum atomic E-state index is -0.0523. The molecule has 1 aromatic carbocycles. The first kappa shape index (κ1) is 11.6. The van der Waals surface area contributed by atoms with Crippen molar-refractivity contribution in [2.75, 3.05) is 7.11 Å². The highest BCUT2D eigenvalue weighted by atomic mass is 16.5. The Morgan fingerprint density at radius 1 is 1.38 bits per heavy atom. The van der Waals surface area contributed by atoms with E-state index >= 15 is 0 Å². The van der Waals surface area contributed by atoms with E-state index in [4.69, 9.17) is 15.3 Å². The first-order valence-electron chi connectivity index (χ1n) is 4.52. The number of hydrogen-bond acceptors (Lipinski definition) is 4. The molecule has 1 aromatic rings. The lowest BCUT2D eigenvalue weighted by Gasteiger charge is -2.07. The van der Waals surface area contributed by atoms with Gasteiger partial charge in [-0.3, -0.25) is 0 Å². The van der Waals surface area contributed by atoms with Gasteiger partial charge in [0.1, 0.15) is 29.2 Å². The number of rotatable bonds is 2. The molecular weight excluding hydrogens is 204 g/mol. The number of nitriles is 2. The maximum Gasteiger partial charge on any atom is 0.130 e. The molecule has 0 spiro atoms. The summed E-state index contributed by atoms with van der Waals surface area (Å²) in [5.41, 5.74) is 1.14. The summed E-state index contributed by atoms with van der Waals surface area (Å²) in [6.07, 6.45) is 1.35. The number of phenols is 1. The van der Waals surface area contributed by atoms with Gasteiger partial charge in [0, 0.05) is 11.6 Å². The van der Waals surface area contributed by atoms with Gasteiger partial charge in [0.05, 0.1) is 7.11 Å². The van der Waals surface area contributed by atoms with Crippen molar-refractivity contribution in [3.63, 3.8) is 0 Å². The SMILES string of the molecule is COc1cc(C)c(C=C(C#N)C#N)c(O)c1. The van der Waals surface area contributed by atoms with Crippen LogP contribution in [0.1, 0.15) is 11.1 Å². The average Bonchev–Trinajstić information content (AvgIpc) is 2.28. The molecule has 0 saturated carbocycles. The number of aromatic hydroxyl groups is 1. The summed E-state index contributed by atoms with van der Waals surface area (Å²) in [5.74, 6) is 0.516. The molecule has 0 bridgehead atoms. The fourth-order valence-corrected chi connectivity index (χ4v) is 1.29. The summed E-state index contributed by atoms with van der Waals surface area (Å²) in [7, 11) is 1.50. The van der Waals surface area contributed by atoms with E-state index in [1.807, 2.05) is 0 Å². The van der Waals surface area contributed by atoms with Crippen LogP contribution in [0.5, 0.6) is 11.5 Å². The number of allylic oxidation sites excluding steroid dienone is 1. The fourth-order valence-electron chi connectivity index (χ4n) is 1.29. The molecule has 0 aromatic heterocycles. The van der Waals surface area contributed by atoms with Crippen LogP contribution in [0, 0.1) is 29.6 Å². The van der Waals surface area contributed by atoms with Gasteiger partial charge in [0.2, 0.25) is 0 Å². The molecule has 1 rings (SSSR count). The summed E-state index contributed by atoms with van der Waals surface area (Å²) in [6, 6.07) is 6.64. The molecule has 0 radical (unpaired) electrons. The van der Waals surface area contributed by atoms with Crippen LogP contribution in [0.3, 0.4) is 0 Å². The zero-order chi connectivity index (χ0) is 12.1. The van der Waals surface area contributed by atoms with Crippen molar-refractivity contribution in [3.05, 3.63) is 28.8 Å². The average molecular weight is 214 g/mol. The third-order valence-corrected chi connectivity index (χ3v) is 2.10. The minimum absolute atomic E-state index is 0.0140. The number of aryl methyl sites for hydroxylation is 1. The predicted molar refractivity (Wildman–Crippen MR) is 58.6 cm³/mol. The monoisotopic (exact) mass is 214 g/mol. The highest BCUT2D eigenvalue weighted by Gasteiger charge is 2.07. The highest BCUT2D eigenvalue weighted by molar-refractivity contribution is 5.69. The van der Waals surface area contributed by atoms with Gasteiger partial charge < -0.3 is 9.84 Å². The van der Waals surface area contributed by atoms with Crippen LogP contribution in [0.4, 0.5) is 0 Å². The third-order valence-electron chi connectivity index (χ3n) is 2.10. The second-order valence-corrected chi connectivity index (χ2v) is 3.16. The van der Waals surface area contributed by atoms with Gasteiger partial charge >= 0.3 is 0 Å². The van der Waals surface area contributed by atoms with Crippen LogP contribution in [0.25, 0.3) is 6.08 Å². The lowest BCUT2D eigenvalue weighted by atomic mass is 10.0. The molecule has 1 N–H and O–H groups in total. The second-order valence-electron chi connectivity index (χ2n) is 3.16. The highest BCUT2D eigenvalue weighted by Crippen LogP contribution is 2.29. The zero-order valence-corrected chi connectivity index (χ0v) is 8.98. The number of hydrogen-bond donors (Lipinski definition) is 1. The van der Waals surface area contributed by atoms with Gasteiger partial charge in [-0.15, -0.1) is 0 Å². The van der Waals surface area contributed by atoms with Crippen molar-refractivity contribution in [1.29, 1.82) is 10.5 Å². The van der Waals surface area contributed by atoms with Crippen LogP contribution in [-0.2, 0) is 0 Å². The minimum Gasteiger partial charge on any atom is -0.507 e. The molecule has 0 unspecified atom stereocenters. The maximum absolute atomic E-state index is 9.70. The lowest BCUT2D eigenvalue weighted by Crippen LogP contribution is -1.88. The van der Waals surface area contributed by atoms with E-state index in [1.54, 1.807) is 25.1 Å². The van der Waals surface area contributed by atoms with Crippen LogP contribution in [0.2, 0.25) is 0 Å². The Labute approximate surface area is 93.6 Å². The fraction of sp³-hybridized carbons (Fsp3) is 0.167. The van der Waals surface area contributed by atoms with Gasteiger partial charge in [-0.1, -0.05) is 0 Å². The Morgan fingerprint density at radius 3 is 2.44 bits per heavy atom. The summed E-state index contributed by atoms with van der Waals surface area (Å²) in [5, 5.41) is 26.9. The van der Waals surface area contributed by atoms with Gasteiger partial charge in [0.15, 0.2) is 0 Å². The molecule has 0 heterocycles. The van der Waals surface area contributed by atoms with E-state index in [-0.39, 0.29) is 11.3 Å². The Balaban J connectivity index is 3.33. The van der Waals surface area contributed by atoms with Gasteiger partial charge in [0.25, 0.3) is 0 Å². The molecule has 0 aliphatic rings. The number of phenolic OH excluding ortho intramolecular Hbond substituents is 1. The summed E-state index contributed by atoms with van der Waals surface area (Å²) < 4.78 is 4.98. The normalized spacial score (nSPS) is 8.75. The van der Waals surface area contributed by atoms with E-state index < -0.39 is 0 Å². The van der Waals surface area contributed by atoms with E-state index in [2.05, 4.69) is 0 Å². The van der Waals surface area contributed by atoms with E-state index in [9.17, 15) is 5.11 Å². The lowest BCUT2D eigenvalue weighted by molar-refractivity contribution is 0.407. The van der Waals surface area contributed by atoms with Crippen LogP contribution >= 0.6 is 0 Å². The molecule has 0 saturated heterocycles. The first-order valence-corrected chi connectivity index (χ1v) is 4.52. The number of ether oxygens (including phenoxy) is 1. The van der Waals surface area contributed by atoms with Crippen molar-refractivity contribution in [2.24, 2.45) is 0 Å². The van der Waals surface area contributed by atoms with Crippen LogP contribution < -0.4 is 4.74 Å². The Kier molecular flexibility index (Phi) is 3.53. The molecule has 80 valence electrons. The molecule has 4 nitrogen and oxygen atoms in total. The Bertz CT molecular complexity index is 480. The van der Waals surface area contributed by atoms with E-state index in [0.717, 1.165) is 5.56 Å². The molecule has 4 heteroatoms. The summed E-state index contributed by atoms with van der Waals surface area (Å²) in [6.45, 7) is 1.76. The molecule has 0 aliphatic carbocycles. The quantitative estimate of drug-likeness (QED) is 0.765. The van der Waals surface area contributed by atoms with Crippen molar-refractivity contribution in [1.82, 2.24) is 0 Å². The zero-order valence-electron chi connectivity index (χ0n) is 8.98. The molecule has 0 amide bonds.